The first kappa shape index (κ1) is 9.91. The van der Waals surface area contributed by atoms with E-state index >= 15 is 0 Å². The van der Waals surface area contributed by atoms with Gasteiger partial charge in [-0.3, -0.25) is 0 Å². The van der Waals surface area contributed by atoms with Gasteiger partial charge in [0, 0.05) is 12.8 Å². The van der Waals surface area contributed by atoms with Crippen LogP contribution in [0.25, 0.3) is 0 Å². The third-order valence-corrected chi connectivity index (χ3v) is 2.31. The topological polar surface area (TPSA) is 37.4 Å². The first-order valence-corrected chi connectivity index (χ1v) is 5.38. The summed E-state index contributed by atoms with van der Waals surface area (Å²) in [6, 6.07) is 0. The Hall–Kier alpha value is -0.0900. The maximum Gasteiger partial charge on any atom is 0.148 e. The lowest BCUT2D eigenvalue weighted by molar-refractivity contribution is 0.374. The van der Waals surface area contributed by atoms with Gasteiger partial charge in [-0.25, -0.2) is 8.42 Å². The number of sulfone groups is 1. The second-order valence-corrected chi connectivity index (χ2v) is 4.79. The molecule has 0 spiro atoms. The molecule has 0 rings (SSSR count). The number of hydrogen-bond acceptors (Lipinski definition) is 3. The molecule has 0 saturated carbocycles. The third-order valence-electron chi connectivity index (χ3n) is 1.38. The van der Waals surface area contributed by atoms with E-state index in [0.717, 1.165) is 6.54 Å². The molecular formula is C6H15NO2S. The summed E-state index contributed by atoms with van der Waals surface area (Å²) in [5.74, 6) is 0.261. The highest BCUT2D eigenvalue weighted by atomic mass is 32.2. The third kappa shape index (κ3) is 6.04. The predicted octanol–water partition coefficient (Wildman–Crippen LogP) is -0.0173. The van der Waals surface area contributed by atoms with Gasteiger partial charge in [-0.2, -0.15) is 0 Å². The van der Waals surface area contributed by atoms with Gasteiger partial charge in [0.2, 0.25) is 0 Å². The monoisotopic (exact) mass is 165 g/mol. The van der Waals surface area contributed by atoms with Gasteiger partial charge in [0.1, 0.15) is 9.84 Å². The summed E-state index contributed by atoms with van der Waals surface area (Å²) in [6.07, 6.45) is 1.26. The van der Waals surface area contributed by atoms with Crippen LogP contribution in [0.15, 0.2) is 0 Å². The quantitative estimate of drug-likeness (QED) is 0.587. The summed E-state index contributed by atoms with van der Waals surface area (Å²) in [6.45, 7) is 3.53. The molecule has 0 radical (unpaired) electrons. The van der Waals surface area contributed by atoms with Crippen molar-refractivity contribution in [2.45, 2.75) is 6.92 Å². The van der Waals surface area contributed by atoms with E-state index in [1.807, 2.05) is 18.9 Å². The Kier molecular flexibility index (Phi) is 3.89. The Labute approximate surface area is 62.9 Å². The molecular weight excluding hydrogens is 150 g/mol. The van der Waals surface area contributed by atoms with E-state index in [-0.39, 0.29) is 5.75 Å². The van der Waals surface area contributed by atoms with Crippen molar-refractivity contribution >= 4 is 9.84 Å². The molecule has 0 saturated heterocycles. The van der Waals surface area contributed by atoms with E-state index in [4.69, 9.17) is 0 Å². The van der Waals surface area contributed by atoms with Crippen LogP contribution >= 0.6 is 0 Å². The molecule has 0 amide bonds. The van der Waals surface area contributed by atoms with Crippen LogP contribution in [0.3, 0.4) is 0 Å². The fourth-order valence-corrected chi connectivity index (χ4v) is 1.12. The smallest absolute Gasteiger partial charge is 0.148 e. The fraction of sp³-hybridized carbons (Fsp3) is 1.00. The maximum absolute atomic E-state index is 10.6. The Morgan fingerprint density at radius 2 is 1.90 bits per heavy atom. The van der Waals surface area contributed by atoms with E-state index in [2.05, 4.69) is 0 Å². The van der Waals surface area contributed by atoms with Crippen LogP contribution in [-0.4, -0.2) is 45.5 Å². The minimum Gasteiger partial charge on any atom is -0.306 e. The molecule has 62 valence electrons. The van der Waals surface area contributed by atoms with Crippen LogP contribution in [0.4, 0.5) is 0 Å². The van der Waals surface area contributed by atoms with E-state index in [1.54, 1.807) is 0 Å². The van der Waals surface area contributed by atoms with Crippen LogP contribution in [-0.2, 0) is 9.84 Å². The average Bonchev–Trinajstić information content (AvgIpc) is 1.81. The molecule has 0 aromatic heterocycles. The van der Waals surface area contributed by atoms with Gasteiger partial charge in [0.05, 0.1) is 5.75 Å². The molecule has 0 atom stereocenters. The largest absolute Gasteiger partial charge is 0.306 e. The lowest BCUT2D eigenvalue weighted by Crippen LogP contribution is -2.24. The minimum absolute atomic E-state index is 0.261. The van der Waals surface area contributed by atoms with E-state index in [0.29, 0.717) is 6.54 Å². The zero-order valence-electron chi connectivity index (χ0n) is 6.79. The normalized spacial score (nSPS) is 12.4. The van der Waals surface area contributed by atoms with Gasteiger partial charge in [0.25, 0.3) is 0 Å². The van der Waals surface area contributed by atoms with Gasteiger partial charge in [-0.1, -0.05) is 6.92 Å². The molecule has 0 N–H and O–H groups in total. The average molecular weight is 165 g/mol. The Morgan fingerprint density at radius 1 is 1.40 bits per heavy atom. The van der Waals surface area contributed by atoms with Crippen LogP contribution < -0.4 is 0 Å². The van der Waals surface area contributed by atoms with Crippen molar-refractivity contribution in [1.29, 1.82) is 0 Å². The van der Waals surface area contributed by atoms with Crippen molar-refractivity contribution in [3.63, 3.8) is 0 Å². The van der Waals surface area contributed by atoms with Gasteiger partial charge in [-0.15, -0.1) is 0 Å². The molecule has 0 aliphatic carbocycles. The van der Waals surface area contributed by atoms with Crippen molar-refractivity contribution in [2.75, 3.05) is 32.1 Å². The van der Waals surface area contributed by atoms with Crippen LogP contribution in [0.5, 0.6) is 0 Å². The molecule has 4 heteroatoms. The van der Waals surface area contributed by atoms with Crippen LogP contribution in [0, 0.1) is 0 Å². The van der Waals surface area contributed by atoms with E-state index in [1.165, 1.54) is 6.26 Å². The zero-order chi connectivity index (χ0) is 8.20. The Balaban J connectivity index is 3.56. The number of rotatable bonds is 4. The summed E-state index contributed by atoms with van der Waals surface area (Å²) in [5, 5.41) is 0. The predicted molar refractivity (Wildman–Crippen MR) is 42.9 cm³/mol. The lowest BCUT2D eigenvalue weighted by Gasteiger charge is -2.11. The first-order chi connectivity index (χ1) is 4.45. The van der Waals surface area contributed by atoms with Gasteiger partial charge >= 0.3 is 0 Å². The highest BCUT2D eigenvalue weighted by molar-refractivity contribution is 7.90. The molecule has 0 aliphatic rings. The van der Waals surface area contributed by atoms with Crippen molar-refractivity contribution in [2.24, 2.45) is 0 Å². The van der Waals surface area contributed by atoms with Crippen molar-refractivity contribution in [3.05, 3.63) is 0 Å². The minimum atomic E-state index is -2.77. The molecule has 3 nitrogen and oxygen atoms in total. The highest BCUT2D eigenvalue weighted by Crippen LogP contribution is 1.85. The van der Waals surface area contributed by atoms with Crippen LogP contribution in [0.2, 0.25) is 0 Å². The van der Waals surface area contributed by atoms with E-state index in [9.17, 15) is 8.42 Å². The van der Waals surface area contributed by atoms with Crippen LogP contribution in [0.1, 0.15) is 6.92 Å². The Morgan fingerprint density at radius 3 is 2.20 bits per heavy atom. The van der Waals surface area contributed by atoms with Crippen molar-refractivity contribution in [3.8, 4) is 0 Å². The molecule has 0 aromatic carbocycles. The zero-order valence-corrected chi connectivity index (χ0v) is 7.61. The summed E-state index contributed by atoms with van der Waals surface area (Å²) in [4.78, 5) is 1.97. The highest BCUT2D eigenvalue weighted by Gasteiger charge is 2.02. The summed E-state index contributed by atoms with van der Waals surface area (Å²) in [7, 11) is -0.863. The molecule has 0 heterocycles. The lowest BCUT2D eigenvalue weighted by atomic mass is 10.6. The van der Waals surface area contributed by atoms with Gasteiger partial charge < -0.3 is 4.90 Å². The first-order valence-electron chi connectivity index (χ1n) is 3.32. The molecule has 0 aliphatic heterocycles. The summed E-state index contributed by atoms with van der Waals surface area (Å²) >= 11 is 0. The second kappa shape index (κ2) is 3.93. The van der Waals surface area contributed by atoms with E-state index < -0.39 is 9.84 Å². The summed E-state index contributed by atoms with van der Waals surface area (Å²) < 4.78 is 21.2. The van der Waals surface area contributed by atoms with Crippen molar-refractivity contribution < 1.29 is 8.42 Å². The Bertz CT molecular complexity index is 174. The second-order valence-electron chi connectivity index (χ2n) is 2.53. The molecule has 0 aromatic rings. The fourth-order valence-electron chi connectivity index (χ4n) is 0.480. The number of hydrogen-bond donors (Lipinski definition) is 0. The molecule has 0 bridgehead atoms. The molecule has 0 fully saturated rings. The number of nitrogens with zero attached hydrogens (tertiary/aromatic N) is 1. The van der Waals surface area contributed by atoms with Crippen molar-refractivity contribution in [1.82, 2.24) is 4.90 Å². The maximum atomic E-state index is 10.6. The molecule has 10 heavy (non-hydrogen) atoms. The molecule has 0 unspecified atom stereocenters. The standard InChI is InChI=1S/C6H15NO2S/c1-4-7(2)5-6-10(3,8)9/h4-6H2,1-3H3. The van der Waals surface area contributed by atoms with Gasteiger partial charge in [0.15, 0.2) is 0 Å². The summed E-state index contributed by atoms with van der Waals surface area (Å²) in [5.41, 5.74) is 0. The SMILES string of the molecule is CCN(C)CCS(C)(=O)=O. The van der Waals surface area contributed by atoms with Gasteiger partial charge in [-0.05, 0) is 13.6 Å².